The SMILES string of the molecule is Cc1ccc(/C=C/C(=O)O[C@H](C)C#N)c(Br)c1. The van der Waals surface area contributed by atoms with Gasteiger partial charge in [0.25, 0.3) is 0 Å². The number of carbonyl (C=O) groups excluding carboxylic acids is 1. The van der Waals surface area contributed by atoms with E-state index in [2.05, 4.69) is 15.9 Å². The van der Waals surface area contributed by atoms with Gasteiger partial charge in [0.2, 0.25) is 0 Å². The first-order valence-corrected chi connectivity index (χ1v) is 5.86. The van der Waals surface area contributed by atoms with E-state index in [4.69, 9.17) is 10.00 Å². The van der Waals surface area contributed by atoms with E-state index in [0.717, 1.165) is 15.6 Å². The molecule has 0 bridgehead atoms. The molecule has 0 amide bonds. The summed E-state index contributed by atoms with van der Waals surface area (Å²) in [6, 6.07) is 7.64. The molecular formula is C13H12BrNO2. The van der Waals surface area contributed by atoms with Gasteiger partial charge < -0.3 is 4.74 Å². The average molecular weight is 294 g/mol. The molecule has 4 heteroatoms. The Balaban J connectivity index is 2.71. The van der Waals surface area contributed by atoms with Crippen LogP contribution in [-0.2, 0) is 9.53 Å². The highest BCUT2D eigenvalue weighted by Crippen LogP contribution is 2.19. The maximum absolute atomic E-state index is 11.3. The van der Waals surface area contributed by atoms with Crippen molar-refractivity contribution in [3.63, 3.8) is 0 Å². The molecule has 17 heavy (non-hydrogen) atoms. The summed E-state index contributed by atoms with van der Waals surface area (Å²) in [5.41, 5.74) is 2.02. The topological polar surface area (TPSA) is 50.1 Å². The van der Waals surface area contributed by atoms with Crippen LogP contribution < -0.4 is 0 Å². The second kappa shape index (κ2) is 6.21. The average Bonchev–Trinajstić information content (AvgIpc) is 2.27. The molecule has 0 radical (unpaired) electrons. The van der Waals surface area contributed by atoms with Crippen molar-refractivity contribution in [2.45, 2.75) is 20.0 Å². The Morgan fingerprint density at radius 3 is 2.88 bits per heavy atom. The summed E-state index contributed by atoms with van der Waals surface area (Å²) in [5, 5.41) is 8.48. The zero-order valence-electron chi connectivity index (χ0n) is 9.61. The minimum absolute atomic E-state index is 0.522. The van der Waals surface area contributed by atoms with Gasteiger partial charge in [-0.05, 0) is 37.1 Å². The number of nitrogens with zero attached hydrogens (tertiary/aromatic N) is 1. The summed E-state index contributed by atoms with van der Waals surface area (Å²) in [7, 11) is 0. The first-order valence-electron chi connectivity index (χ1n) is 5.07. The van der Waals surface area contributed by atoms with Gasteiger partial charge in [-0.2, -0.15) is 5.26 Å². The smallest absolute Gasteiger partial charge is 0.332 e. The number of benzene rings is 1. The highest BCUT2D eigenvalue weighted by Gasteiger charge is 2.04. The first kappa shape index (κ1) is 13.5. The van der Waals surface area contributed by atoms with Gasteiger partial charge in [-0.15, -0.1) is 0 Å². The number of hydrogen-bond acceptors (Lipinski definition) is 3. The molecule has 3 nitrogen and oxygen atoms in total. The maximum Gasteiger partial charge on any atom is 0.332 e. The summed E-state index contributed by atoms with van der Waals surface area (Å²) in [4.78, 5) is 11.3. The second-order valence-electron chi connectivity index (χ2n) is 3.57. The summed E-state index contributed by atoms with van der Waals surface area (Å²) in [6.07, 6.45) is 2.23. The van der Waals surface area contributed by atoms with Crippen LogP contribution in [0.4, 0.5) is 0 Å². The van der Waals surface area contributed by atoms with Crippen LogP contribution in [0.3, 0.4) is 0 Å². The van der Waals surface area contributed by atoms with Gasteiger partial charge in [0.15, 0.2) is 6.10 Å². The maximum atomic E-state index is 11.3. The number of carbonyl (C=O) groups is 1. The fraction of sp³-hybridized carbons (Fsp3) is 0.231. The van der Waals surface area contributed by atoms with E-state index in [-0.39, 0.29) is 0 Å². The van der Waals surface area contributed by atoms with Gasteiger partial charge >= 0.3 is 5.97 Å². The summed E-state index contributed by atoms with van der Waals surface area (Å²) in [6.45, 7) is 3.51. The fourth-order valence-electron chi connectivity index (χ4n) is 1.17. The number of rotatable bonds is 3. The Morgan fingerprint density at radius 1 is 1.59 bits per heavy atom. The van der Waals surface area contributed by atoms with Crippen LogP contribution in [0.5, 0.6) is 0 Å². The largest absolute Gasteiger partial charge is 0.444 e. The number of nitriles is 1. The molecule has 0 unspecified atom stereocenters. The predicted octanol–water partition coefficient (Wildman–Crippen LogP) is 3.23. The number of esters is 1. The van der Waals surface area contributed by atoms with Crippen molar-refractivity contribution in [2.75, 3.05) is 0 Å². The van der Waals surface area contributed by atoms with E-state index in [1.807, 2.05) is 31.2 Å². The molecule has 88 valence electrons. The lowest BCUT2D eigenvalue weighted by Crippen LogP contribution is -2.10. The highest BCUT2D eigenvalue weighted by molar-refractivity contribution is 9.10. The Labute approximate surface area is 109 Å². The Hall–Kier alpha value is -1.60. The Kier molecular flexibility index (Phi) is 4.92. The molecular weight excluding hydrogens is 282 g/mol. The van der Waals surface area contributed by atoms with Crippen molar-refractivity contribution in [3.8, 4) is 6.07 Å². The van der Waals surface area contributed by atoms with Crippen molar-refractivity contribution < 1.29 is 9.53 Å². The third-order valence-corrected chi connectivity index (χ3v) is 2.72. The van der Waals surface area contributed by atoms with Gasteiger partial charge in [-0.25, -0.2) is 4.79 Å². The van der Waals surface area contributed by atoms with E-state index in [0.29, 0.717) is 0 Å². The molecule has 0 N–H and O–H groups in total. The van der Waals surface area contributed by atoms with E-state index in [1.165, 1.54) is 13.0 Å². The molecule has 0 spiro atoms. The normalized spacial score (nSPS) is 12.1. The van der Waals surface area contributed by atoms with Crippen LogP contribution in [0, 0.1) is 18.3 Å². The van der Waals surface area contributed by atoms with E-state index in [1.54, 1.807) is 6.08 Å². The number of aryl methyl sites for hydroxylation is 1. The van der Waals surface area contributed by atoms with Crippen molar-refractivity contribution in [1.82, 2.24) is 0 Å². The number of ether oxygens (including phenoxy) is 1. The lowest BCUT2D eigenvalue weighted by Gasteiger charge is -2.02. The van der Waals surface area contributed by atoms with Crippen molar-refractivity contribution in [2.24, 2.45) is 0 Å². The second-order valence-corrected chi connectivity index (χ2v) is 4.42. The molecule has 0 saturated heterocycles. The zero-order chi connectivity index (χ0) is 12.8. The molecule has 1 aromatic carbocycles. The van der Waals surface area contributed by atoms with Crippen molar-refractivity contribution in [1.29, 1.82) is 5.26 Å². The monoisotopic (exact) mass is 293 g/mol. The summed E-state index contributed by atoms with van der Waals surface area (Å²) in [5.74, 6) is -0.522. The molecule has 0 aliphatic rings. The Morgan fingerprint density at radius 2 is 2.29 bits per heavy atom. The fourth-order valence-corrected chi connectivity index (χ4v) is 1.79. The standard InChI is InChI=1S/C13H12BrNO2/c1-9-3-4-11(12(14)7-9)5-6-13(16)17-10(2)8-15/h3-7,10H,1-2H3/b6-5+/t10-/m1/s1. The zero-order valence-corrected chi connectivity index (χ0v) is 11.2. The third-order valence-electron chi connectivity index (χ3n) is 2.03. The third kappa shape index (κ3) is 4.41. The van der Waals surface area contributed by atoms with Gasteiger partial charge in [0.1, 0.15) is 6.07 Å². The summed E-state index contributed by atoms with van der Waals surface area (Å²) >= 11 is 3.41. The van der Waals surface area contributed by atoms with Crippen LogP contribution in [0.25, 0.3) is 6.08 Å². The van der Waals surface area contributed by atoms with Gasteiger partial charge in [-0.1, -0.05) is 28.1 Å². The highest BCUT2D eigenvalue weighted by atomic mass is 79.9. The Bertz CT molecular complexity index is 489. The number of halogens is 1. The molecule has 0 saturated carbocycles. The van der Waals surface area contributed by atoms with E-state index >= 15 is 0 Å². The lowest BCUT2D eigenvalue weighted by molar-refractivity contribution is -0.139. The number of hydrogen-bond donors (Lipinski definition) is 0. The van der Waals surface area contributed by atoms with Gasteiger partial charge in [0.05, 0.1) is 0 Å². The first-order chi connectivity index (χ1) is 8.02. The molecule has 0 heterocycles. The van der Waals surface area contributed by atoms with Crippen LogP contribution in [-0.4, -0.2) is 12.1 Å². The molecule has 0 fully saturated rings. The van der Waals surface area contributed by atoms with Crippen LogP contribution in [0.15, 0.2) is 28.7 Å². The molecule has 1 rings (SSSR count). The van der Waals surface area contributed by atoms with Crippen LogP contribution >= 0.6 is 15.9 Å². The molecule has 0 aliphatic carbocycles. The van der Waals surface area contributed by atoms with Gasteiger partial charge in [0, 0.05) is 10.5 Å². The lowest BCUT2D eigenvalue weighted by atomic mass is 10.1. The molecule has 1 atom stereocenters. The van der Waals surface area contributed by atoms with E-state index < -0.39 is 12.1 Å². The minimum Gasteiger partial charge on any atom is -0.444 e. The molecule has 1 aromatic rings. The van der Waals surface area contributed by atoms with E-state index in [9.17, 15) is 4.79 Å². The summed E-state index contributed by atoms with van der Waals surface area (Å²) < 4.78 is 5.69. The van der Waals surface area contributed by atoms with Gasteiger partial charge in [-0.3, -0.25) is 0 Å². The molecule has 0 aliphatic heterocycles. The molecule has 0 aromatic heterocycles. The predicted molar refractivity (Wildman–Crippen MR) is 69.1 cm³/mol. The van der Waals surface area contributed by atoms with Crippen LogP contribution in [0.1, 0.15) is 18.1 Å². The van der Waals surface area contributed by atoms with Crippen LogP contribution in [0.2, 0.25) is 0 Å². The van der Waals surface area contributed by atoms with Crippen molar-refractivity contribution >= 4 is 28.0 Å². The van der Waals surface area contributed by atoms with Crippen molar-refractivity contribution in [3.05, 3.63) is 39.9 Å². The quantitative estimate of drug-likeness (QED) is 0.635. The minimum atomic E-state index is -0.728.